The molecule has 1 heterocycles. The van der Waals surface area contributed by atoms with Gasteiger partial charge in [-0.2, -0.15) is 5.10 Å². The first-order valence-electron chi connectivity index (χ1n) is 6.21. The lowest BCUT2D eigenvalue weighted by molar-refractivity contribution is -0.385. The summed E-state index contributed by atoms with van der Waals surface area (Å²) >= 11 is 5.92. The van der Waals surface area contributed by atoms with E-state index in [2.05, 4.69) is 15.2 Å². The van der Waals surface area contributed by atoms with Crippen molar-refractivity contribution in [1.82, 2.24) is 15.2 Å². The molecule has 0 saturated carbocycles. The van der Waals surface area contributed by atoms with E-state index in [1.807, 2.05) is 0 Å². The van der Waals surface area contributed by atoms with Gasteiger partial charge in [-0.05, 0) is 24.3 Å². The molecule has 7 nitrogen and oxygen atoms in total. The minimum Gasteiger partial charge on any atom is -0.502 e. The third-order valence-electron chi connectivity index (χ3n) is 3.01. The maximum absolute atomic E-state index is 10.9. The second kappa shape index (κ2) is 5.45. The van der Waals surface area contributed by atoms with Crippen molar-refractivity contribution >= 4 is 17.3 Å². The highest BCUT2D eigenvalue weighted by Gasteiger charge is 2.16. The maximum Gasteiger partial charge on any atom is 0.311 e. The van der Waals surface area contributed by atoms with Crippen molar-refractivity contribution in [1.29, 1.82) is 0 Å². The van der Waals surface area contributed by atoms with E-state index in [4.69, 9.17) is 11.6 Å². The Morgan fingerprint density at radius 2 is 2.00 bits per heavy atom. The first-order chi connectivity index (χ1) is 10.5. The Balaban J connectivity index is 2.01. The van der Waals surface area contributed by atoms with E-state index < -0.39 is 16.4 Å². The molecule has 110 valence electrons. The van der Waals surface area contributed by atoms with E-state index in [9.17, 15) is 15.2 Å². The summed E-state index contributed by atoms with van der Waals surface area (Å²) < 4.78 is 0. The summed E-state index contributed by atoms with van der Waals surface area (Å²) in [6.07, 6.45) is 0. The van der Waals surface area contributed by atoms with E-state index in [1.54, 1.807) is 24.3 Å². The highest BCUT2D eigenvalue weighted by molar-refractivity contribution is 6.30. The molecule has 3 rings (SSSR count). The highest BCUT2D eigenvalue weighted by Crippen LogP contribution is 2.30. The number of phenols is 1. The lowest BCUT2D eigenvalue weighted by Gasteiger charge is -1.99. The fourth-order valence-corrected chi connectivity index (χ4v) is 2.15. The summed E-state index contributed by atoms with van der Waals surface area (Å²) in [5, 5.41) is 27.7. The number of aromatic nitrogens is 3. The second-order valence-corrected chi connectivity index (χ2v) is 4.92. The van der Waals surface area contributed by atoms with Gasteiger partial charge in [0.1, 0.15) is 0 Å². The molecule has 0 bridgehead atoms. The topological polar surface area (TPSA) is 105 Å². The van der Waals surface area contributed by atoms with E-state index in [0.717, 1.165) is 5.56 Å². The van der Waals surface area contributed by atoms with Crippen LogP contribution in [0.3, 0.4) is 0 Å². The maximum atomic E-state index is 10.9. The van der Waals surface area contributed by atoms with Gasteiger partial charge in [0.05, 0.1) is 4.92 Å². The molecule has 0 unspecified atom stereocenters. The Bertz CT molecular complexity index is 863. The number of benzene rings is 2. The number of nitrogens with one attached hydrogen (secondary N) is 1. The summed E-state index contributed by atoms with van der Waals surface area (Å²) in [6, 6.07) is 11.0. The number of aromatic amines is 1. The van der Waals surface area contributed by atoms with Crippen LogP contribution in [0.1, 0.15) is 0 Å². The van der Waals surface area contributed by atoms with Crippen LogP contribution in [0.2, 0.25) is 5.02 Å². The van der Waals surface area contributed by atoms with Gasteiger partial charge in [-0.1, -0.05) is 23.7 Å². The number of H-pyrrole nitrogens is 1. The molecule has 3 aromatic rings. The minimum atomic E-state index is -0.660. The molecule has 2 aromatic carbocycles. The summed E-state index contributed by atoms with van der Waals surface area (Å²) in [4.78, 5) is 14.5. The molecule has 0 aliphatic carbocycles. The van der Waals surface area contributed by atoms with Gasteiger partial charge in [0, 0.05) is 22.2 Å². The van der Waals surface area contributed by atoms with Crippen LogP contribution in [0.15, 0.2) is 42.5 Å². The molecule has 22 heavy (non-hydrogen) atoms. The average molecular weight is 317 g/mol. The highest BCUT2D eigenvalue weighted by atomic mass is 35.5. The molecule has 0 amide bonds. The Labute approximate surface area is 129 Å². The summed E-state index contributed by atoms with van der Waals surface area (Å²) in [6.45, 7) is 0. The van der Waals surface area contributed by atoms with Crippen LogP contribution in [0, 0.1) is 10.1 Å². The van der Waals surface area contributed by atoms with Gasteiger partial charge < -0.3 is 5.11 Å². The number of nitrogens with zero attached hydrogens (tertiary/aromatic N) is 3. The number of aromatic hydroxyl groups is 1. The first-order valence-corrected chi connectivity index (χ1v) is 6.58. The van der Waals surface area contributed by atoms with E-state index in [-0.39, 0.29) is 0 Å². The van der Waals surface area contributed by atoms with Gasteiger partial charge in [-0.25, -0.2) is 4.98 Å². The first kappa shape index (κ1) is 14.0. The second-order valence-electron chi connectivity index (χ2n) is 4.48. The number of hydrogen-bond acceptors (Lipinski definition) is 5. The minimum absolute atomic E-state index is 0.359. The molecular weight excluding hydrogens is 308 g/mol. The molecule has 8 heteroatoms. The fraction of sp³-hybridized carbons (Fsp3) is 0. The number of phenolic OH excluding ortho intramolecular Hbond substituents is 1. The van der Waals surface area contributed by atoms with Crippen molar-refractivity contribution < 1.29 is 10.0 Å². The number of nitro benzene ring substituents is 1. The van der Waals surface area contributed by atoms with Crippen LogP contribution in [0.25, 0.3) is 22.8 Å². The Morgan fingerprint density at radius 1 is 1.18 bits per heavy atom. The van der Waals surface area contributed by atoms with Gasteiger partial charge in [0.15, 0.2) is 17.4 Å². The Hall–Kier alpha value is -2.93. The SMILES string of the molecule is O=[N+]([O-])c1cc(-c2nc(-c3cccc(Cl)c3)n[nH]2)ccc1O. The molecule has 2 N–H and O–H groups in total. The lowest BCUT2D eigenvalue weighted by atomic mass is 10.1. The van der Waals surface area contributed by atoms with Crippen molar-refractivity contribution in [3.63, 3.8) is 0 Å². The zero-order valence-corrected chi connectivity index (χ0v) is 11.8. The van der Waals surface area contributed by atoms with Crippen LogP contribution in [-0.4, -0.2) is 25.2 Å². The number of halogens is 1. The zero-order chi connectivity index (χ0) is 15.7. The molecule has 0 saturated heterocycles. The number of hydrogen-bond donors (Lipinski definition) is 2. The summed E-state index contributed by atoms with van der Waals surface area (Å²) in [5.41, 5.74) is 0.784. The molecule has 0 fully saturated rings. The molecular formula is C14H9ClN4O3. The summed E-state index contributed by atoms with van der Waals surface area (Å²) in [7, 11) is 0. The molecule has 0 spiro atoms. The van der Waals surface area contributed by atoms with Crippen molar-refractivity contribution in [3.05, 3.63) is 57.6 Å². The van der Waals surface area contributed by atoms with Crippen LogP contribution < -0.4 is 0 Å². The molecule has 0 aliphatic heterocycles. The monoisotopic (exact) mass is 316 g/mol. The standard InChI is InChI=1S/C14H9ClN4O3/c15-10-3-1-2-8(6-10)13-16-14(18-17-13)9-4-5-12(20)11(7-9)19(21)22/h1-7,20H,(H,16,17,18). The average Bonchev–Trinajstić information content (AvgIpc) is 2.97. The number of rotatable bonds is 3. The van der Waals surface area contributed by atoms with E-state index in [0.29, 0.717) is 22.2 Å². The zero-order valence-electron chi connectivity index (χ0n) is 11.0. The molecule has 0 aliphatic rings. The fourth-order valence-electron chi connectivity index (χ4n) is 1.96. The Kier molecular flexibility index (Phi) is 3.48. The van der Waals surface area contributed by atoms with Crippen LogP contribution in [-0.2, 0) is 0 Å². The van der Waals surface area contributed by atoms with Gasteiger partial charge >= 0.3 is 5.69 Å². The molecule has 0 atom stereocenters. The van der Waals surface area contributed by atoms with Gasteiger partial charge in [-0.15, -0.1) is 0 Å². The van der Waals surface area contributed by atoms with E-state index >= 15 is 0 Å². The van der Waals surface area contributed by atoms with Crippen molar-refractivity contribution in [2.75, 3.05) is 0 Å². The number of nitro groups is 1. The normalized spacial score (nSPS) is 10.6. The predicted molar refractivity (Wildman–Crippen MR) is 80.6 cm³/mol. The quantitative estimate of drug-likeness (QED) is 0.569. The Morgan fingerprint density at radius 3 is 2.73 bits per heavy atom. The largest absolute Gasteiger partial charge is 0.502 e. The van der Waals surface area contributed by atoms with Gasteiger partial charge in [-0.3, -0.25) is 15.2 Å². The van der Waals surface area contributed by atoms with Gasteiger partial charge in [0.2, 0.25) is 0 Å². The third-order valence-corrected chi connectivity index (χ3v) is 3.25. The predicted octanol–water partition coefficient (Wildman–Crippen LogP) is 3.41. The third kappa shape index (κ3) is 2.61. The van der Waals surface area contributed by atoms with Crippen molar-refractivity contribution in [2.24, 2.45) is 0 Å². The van der Waals surface area contributed by atoms with Crippen LogP contribution in [0.4, 0.5) is 5.69 Å². The van der Waals surface area contributed by atoms with Crippen molar-refractivity contribution in [3.8, 4) is 28.5 Å². The van der Waals surface area contributed by atoms with Crippen molar-refractivity contribution in [2.45, 2.75) is 0 Å². The lowest BCUT2D eigenvalue weighted by Crippen LogP contribution is -1.90. The smallest absolute Gasteiger partial charge is 0.311 e. The molecule has 0 radical (unpaired) electrons. The molecule has 1 aromatic heterocycles. The van der Waals surface area contributed by atoms with Crippen LogP contribution in [0.5, 0.6) is 5.75 Å². The van der Waals surface area contributed by atoms with Gasteiger partial charge in [0.25, 0.3) is 0 Å². The summed E-state index contributed by atoms with van der Waals surface area (Å²) in [5.74, 6) is 0.384. The van der Waals surface area contributed by atoms with E-state index in [1.165, 1.54) is 18.2 Å². The van der Waals surface area contributed by atoms with Crippen LogP contribution >= 0.6 is 11.6 Å².